The molecule has 2 saturated heterocycles. The first-order chi connectivity index (χ1) is 8.63. The Morgan fingerprint density at radius 1 is 1.33 bits per heavy atom. The Hall–Kier alpha value is -0.910. The summed E-state index contributed by atoms with van der Waals surface area (Å²) in [6.07, 6.45) is 3.93. The second-order valence-electron chi connectivity index (χ2n) is 5.25. The number of carbonyl (C=O) groups is 1. The summed E-state index contributed by atoms with van der Waals surface area (Å²) in [5, 5.41) is 18.7. The zero-order valence-corrected chi connectivity index (χ0v) is 10.9. The minimum absolute atomic E-state index is 0.142. The molecule has 98 valence electrons. The standard InChI is InChI=1S/C13H17NO3S/c15-10-5-8-1-2-9(6-10)14(8)7-11-3-4-12(18-11)13(16)17/h3-4,8-10,15H,1-2,5-7H2,(H,16,17). The molecule has 1 aromatic heterocycles. The van der Waals surface area contributed by atoms with Crippen LogP contribution in [0, 0.1) is 0 Å². The molecule has 0 aromatic carbocycles. The van der Waals surface area contributed by atoms with Gasteiger partial charge >= 0.3 is 5.97 Å². The van der Waals surface area contributed by atoms with Crippen molar-refractivity contribution in [3.05, 3.63) is 21.9 Å². The first-order valence-electron chi connectivity index (χ1n) is 6.39. The van der Waals surface area contributed by atoms with Crippen molar-refractivity contribution in [2.75, 3.05) is 0 Å². The Labute approximate surface area is 110 Å². The topological polar surface area (TPSA) is 60.8 Å². The molecule has 2 bridgehead atoms. The average Bonchev–Trinajstić information content (AvgIpc) is 2.85. The quantitative estimate of drug-likeness (QED) is 0.878. The third-order valence-corrected chi connectivity index (χ3v) is 5.13. The van der Waals surface area contributed by atoms with Crippen molar-refractivity contribution in [2.45, 2.75) is 50.4 Å². The van der Waals surface area contributed by atoms with Gasteiger partial charge in [0.05, 0.1) is 6.10 Å². The Morgan fingerprint density at radius 2 is 2.00 bits per heavy atom. The minimum atomic E-state index is -0.844. The van der Waals surface area contributed by atoms with Gasteiger partial charge < -0.3 is 10.2 Å². The predicted molar refractivity (Wildman–Crippen MR) is 68.9 cm³/mol. The van der Waals surface area contributed by atoms with Gasteiger partial charge in [0.15, 0.2) is 0 Å². The zero-order chi connectivity index (χ0) is 12.7. The van der Waals surface area contributed by atoms with Crippen molar-refractivity contribution in [1.82, 2.24) is 4.90 Å². The van der Waals surface area contributed by atoms with Crippen LogP contribution in [0.1, 0.15) is 40.2 Å². The number of aliphatic hydroxyl groups excluding tert-OH is 1. The average molecular weight is 267 g/mol. The van der Waals surface area contributed by atoms with Crippen LogP contribution in [-0.4, -0.2) is 39.3 Å². The van der Waals surface area contributed by atoms with E-state index in [0.717, 1.165) is 24.3 Å². The van der Waals surface area contributed by atoms with E-state index >= 15 is 0 Å². The molecule has 0 aliphatic carbocycles. The third-order valence-electron chi connectivity index (χ3n) is 4.07. The fraction of sp³-hybridized carbons (Fsp3) is 0.615. The number of rotatable bonds is 3. The van der Waals surface area contributed by atoms with Crippen LogP contribution < -0.4 is 0 Å². The van der Waals surface area contributed by atoms with Gasteiger partial charge in [-0.1, -0.05) is 0 Å². The lowest BCUT2D eigenvalue weighted by molar-refractivity contribution is 0.0316. The van der Waals surface area contributed by atoms with E-state index in [4.69, 9.17) is 5.11 Å². The maximum absolute atomic E-state index is 10.9. The van der Waals surface area contributed by atoms with Crippen LogP contribution in [0.4, 0.5) is 0 Å². The molecular formula is C13H17NO3S. The normalized spacial score (nSPS) is 31.7. The van der Waals surface area contributed by atoms with Gasteiger partial charge in [0.2, 0.25) is 0 Å². The monoisotopic (exact) mass is 267 g/mol. The highest BCUT2D eigenvalue weighted by Gasteiger charge is 2.40. The molecule has 2 N–H and O–H groups in total. The molecule has 5 heteroatoms. The van der Waals surface area contributed by atoms with Gasteiger partial charge in [-0.15, -0.1) is 11.3 Å². The highest BCUT2D eigenvalue weighted by atomic mass is 32.1. The summed E-state index contributed by atoms with van der Waals surface area (Å²) >= 11 is 1.36. The summed E-state index contributed by atoms with van der Waals surface area (Å²) in [7, 11) is 0. The van der Waals surface area contributed by atoms with Crippen LogP contribution in [0.3, 0.4) is 0 Å². The van der Waals surface area contributed by atoms with Crippen LogP contribution in [0.25, 0.3) is 0 Å². The number of aliphatic hydroxyl groups is 1. The van der Waals surface area contributed by atoms with Crippen molar-refractivity contribution in [3.8, 4) is 0 Å². The van der Waals surface area contributed by atoms with Crippen molar-refractivity contribution >= 4 is 17.3 Å². The molecule has 2 aliphatic heterocycles. The second-order valence-corrected chi connectivity index (χ2v) is 6.42. The van der Waals surface area contributed by atoms with Crippen LogP contribution in [0.15, 0.2) is 12.1 Å². The van der Waals surface area contributed by atoms with Crippen LogP contribution >= 0.6 is 11.3 Å². The van der Waals surface area contributed by atoms with E-state index in [2.05, 4.69) is 4.90 Å². The number of hydrogen-bond donors (Lipinski definition) is 2. The number of carboxylic acid groups (broad SMARTS) is 1. The van der Waals surface area contributed by atoms with E-state index < -0.39 is 5.97 Å². The van der Waals surface area contributed by atoms with Gasteiger partial charge in [0.1, 0.15) is 4.88 Å². The Balaban J connectivity index is 1.71. The maximum Gasteiger partial charge on any atom is 0.345 e. The van der Waals surface area contributed by atoms with E-state index in [1.807, 2.05) is 6.07 Å². The van der Waals surface area contributed by atoms with Gasteiger partial charge in [0, 0.05) is 23.5 Å². The van der Waals surface area contributed by atoms with Crippen molar-refractivity contribution < 1.29 is 15.0 Å². The van der Waals surface area contributed by atoms with Gasteiger partial charge in [-0.2, -0.15) is 0 Å². The zero-order valence-electron chi connectivity index (χ0n) is 10.1. The fourth-order valence-corrected chi connectivity index (χ4v) is 4.12. The molecule has 18 heavy (non-hydrogen) atoms. The molecule has 0 radical (unpaired) electrons. The molecule has 1 aromatic rings. The van der Waals surface area contributed by atoms with Gasteiger partial charge in [-0.05, 0) is 37.8 Å². The summed E-state index contributed by atoms with van der Waals surface area (Å²) in [5.41, 5.74) is 0. The lowest BCUT2D eigenvalue weighted by Gasteiger charge is -2.36. The Kier molecular flexibility index (Phi) is 3.13. The molecule has 2 atom stereocenters. The Morgan fingerprint density at radius 3 is 2.56 bits per heavy atom. The van der Waals surface area contributed by atoms with E-state index in [1.54, 1.807) is 6.07 Å². The molecule has 3 heterocycles. The van der Waals surface area contributed by atoms with Gasteiger partial charge in [-0.3, -0.25) is 4.90 Å². The summed E-state index contributed by atoms with van der Waals surface area (Å²) in [4.78, 5) is 14.8. The fourth-order valence-electron chi connectivity index (χ4n) is 3.26. The summed E-state index contributed by atoms with van der Waals surface area (Å²) in [6.45, 7) is 0.833. The van der Waals surface area contributed by atoms with Crippen LogP contribution in [0.2, 0.25) is 0 Å². The number of aromatic carboxylic acids is 1. The van der Waals surface area contributed by atoms with Crippen molar-refractivity contribution in [1.29, 1.82) is 0 Å². The molecular weight excluding hydrogens is 250 g/mol. The number of nitrogens with zero attached hydrogens (tertiary/aromatic N) is 1. The molecule has 2 unspecified atom stereocenters. The summed E-state index contributed by atoms with van der Waals surface area (Å²) in [5.74, 6) is -0.844. The lowest BCUT2D eigenvalue weighted by atomic mass is 10.00. The predicted octanol–water partition coefficient (Wildman–Crippen LogP) is 1.93. The van der Waals surface area contributed by atoms with Gasteiger partial charge in [-0.25, -0.2) is 4.79 Å². The smallest absolute Gasteiger partial charge is 0.345 e. The first kappa shape index (κ1) is 12.1. The van der Waals surface area contributed by atoms with Crippen molar-refractivity contribution in [3.63, 3.8) is 0 Å². The Bertz CT molecular complexity index is 445. The maximum atomic E-state index is 10.9. The van der Waals surface area contributed by atoms with Crippen LogP contribution in [-0.2, 0) is 6.54 Å². The van der Waals surface area contributed by atoms with E-state index in [0.29, 0.717) is 17.0 Å². The SMILES string of the molecule is O=C(O)c1ccc(CN2C3CCC2CC(O)C3)s1. The summed E-state index contributed by atoms with van der Waals surface area (Å²) in [6, 6.07) is 4.56. The highest BCUT2D eigenvalue weighted by Crippen LogP contribution is 2.37. The van der Waals surface area contributed by atoms with E-state index in [-0.39, 0.29) is 6.10 Å². The van der Waals surface area contributed by atoms with Crippen molar-refractivity contribution in [2.24, 2.45) is 0 Å². The van der Waals surface area contributed by atoms with E-state index in [1.165, 1.54) is 24.2 Å². The van der Waals surface area contributed by atoms with E-state index in [9.17, 15) is 9.90 Å². The number of piperidine rings is 1. The number of carboxylic acids is 1. The molecule has 3 rings (SSSR count). The third kappa shape index (κ3) is 2.18. The lowest BCUT2D eigenvalue weighted by Crippen LogP contribution is -2.43. The largest absolute Gasteiger partial charge is 0.477 e. The molecule has 4 nitrogen and oxygen atoms in total. The highest BCUT2D eigenvalue weighted by molar-refractivity contribution is 7.13. The first-order valence-corrected chi connectivity index (χ1v) is 7.21. The second kappa shape index (κ2) is 4.64. The molecule has 0 spiro atoms. The molecule has 0 amide bonds. The molecule has 2 aliphatic rings. The minimum Gasteiger partial charge on any atom is -0.477 e. The number of hydrogen-bond acceptors (Lipinski definition) is 4. The molecule has 0 saturated carbocycles. The molecule has 2 fully saturated rings. The van der Waals surface area contributed by atoms with Gasteiger partial charge in [0.25, 0.3) is 0 Å². The number of thiophene rings is 1. The number of fused-ring (bicyclic) bond motifs is 2. The van der Waals surface area contributed by atoms with Crippen LogP contribution in [0.5, 0.6) is 0 Å². The summed E-state index contributed by atoms with van der Waals surface area (Å²) < 4.78 is 0.